The van der Waals surface area contributed by atoms with Crippen LogP contribution in [0, 0.1) is 0 Å². The van der Waals surface area contributed by atoms with Gasteiger partial charge in [0, 0.05) is 6.42 Å². The molecule has 10 heavy (non-hydrogen) atoms. The molecule has 0 spiro atoms. The van der Waals surface area contributed by atoms with Crippen molar-refractivity contribution in [2.75, 3.05) is 13.2 Å². The SMILES string of the molecule is O=C1COC(CO)CC1=O. The van der Waals surface area contributed by atoms with Crippen LogP contribution in [0.25, 0.3) is 0 Å². The Morgan fingerprint density at radius 3 is 2.70 bits per heavy atom. The Kier molecular flexibility index (Phi) is 2.13. The molecule has 1 aliphatic rings. The number of carbonyl (C=O) groups is 2. The zero-order valence-electron chi connectivity index (χ0n) is 5.37. The molecule has 4 nitrogen and oxygen atoms in total. The van der Waals surface area contributed by atoms with Gasteiger partial charge in [-0.25, -0.2) is 0 Å². The third-order valence-corrected chi connectivity index (χ3v) is 1.38. The van der Waals surface area contributed by atoms with E-state index >= 15 is 0 Å². The molecule has 1 atom stereocenters. The number of hydrogen-bond donors (Lipinski definition) is 1. The van der Waals surface area contributed by atoms with E-state index in [1.807, 2.05) is 0 Å². The number of hydrogen-bond acceptors (Lipinski definition) is 4. The number of ether oxygens (including phenoxy) is 1. The highest BCUT2D eigenvalue weighted by Gasteiger charge is 2.25. The Morgan fingerprint density at radius 1 is 1.50 bits per heavy atom. The monoisotopic (exact) mass is 144 g/mol. The third-order valence-electron chi connectivity index (χ3n) is 1.38. The van der Waals surface area contributed by atoms with E-state index in [2.05, 4.69) is 0 Å². The highest BCUT2D eigenvalue weighted by Crippen LogP contribution is 2.05. The standard InChI is InChI=1S/C6H8O4/c7-2-4-1-5(8)6(9)3-10-4/h4,7H,1-3H2. The molecule has 1 heterocycles. The molecule has 0 aromatic carbocycles. The third kappa shape index (κ3) is 1.40. The predicted molar refractivity (Wildman–Crippen MR) is 31.5 cm³/mol. The Morgan fingerprint density at radius 2 is 2.20 bits per heavy atom. The number of Topliss-reactive ketones (excluding diaryl/α,β-unsaturated/α-hetero) is 2. The molecule has 1 saturated heterocycles. The molecular formula is C6H8O4. The molecule has 56 valence electrons. The first-order chi connectivity index (χ1) is 4.74. The van der Waals surface area contributed by atoms with Crippen molar-refractivity contribution in [2.24, 2.45) is 0 Å². The molecule has 1 rings (SSSR count). The summed E-state index contributed by atoms with van der Waals surface area (Å²) in [5.41, 5.74) is 0. The summed E-state index contributed by atoms with van der Waals surface area (Å²) in [6.07, 6.45) is -0.444. The van der Waals surface area contributed by atoms with Crippen molar-refractivity contribution in [3.8, 4) is 0 Å². The summed E-state index contributed by atoms with van der Waals surface area (Å²) in [7, 11) is 0. The van der Waals surface area contributed by atoms with E-state index < -0.39 is 17.7 Å². The smallest absolute Gasteiger partial charge is 0.224 e. The van der Waals surface area contributed by atoms with Gasteiger partial charge in [-0.3, -0.25) is 9.59 Å². The normalized spacial score (nSPS) is 27.1. The Hall–Kier alpha value is -0.740. The minimum atomic E-state index is -0.496. The van der Waals surface area contributed by atoms with Crippen LogP contribution in [0.3, 0.4) is 0 Å². The van der Waals surface area contributed by atoms with E-state index in [1.165, 1.54) is 0 Å². The van der Waals surface area contributed by atoms with Crippen LogP contribution in [0.1, 0.15) is 6.42 Å². The van der Waals surface area contributed by atoms with E-state index in [0.717, 1.165) is 0 Å². The summed E-state index contributed by atoms with van der Waals surface area (Å²) in [4.78, 5) is 21.1. The fraction of sp³-hybridized carbons (Fsp3) is 0.667. The van der Waals surface area contributed by atoms with E-state index in [1.54, 1.807) is 0 Å². The largest absolute Gasteiger partial charge is 0.394 e. The highest BCUT2D eigenvalue weighted by atomic mass is 16.5. The van der Waals surface area contributed by atoms with Gasteiger partial charge in [-0.05, 0) is 0 Å². The van der Waals surface area contributed by atoms with Crippen LogP contribution in [0.5, 0.6) is 0 Å². The van der Waals surface area contributed by atoms with Crippen LogP contribution >= 0.6 is 0 Å². The lowest BCUT2D eigenvalue weighted by atomic mass is 10.1. The van der Waals surface area contributed by atoms with Gasteiger partial charge >= 0.3 is 0 Å². The van der Waals surface area contributed by atoms with Crippen LogP contribution < -0.4 is 0 Å². The summed E-state index contributed by atoms with van der Waals surface area (Å²) < 4.78 is 4.79. The predicted octanol–water partition coefficient (Wildman–Crippen LogP) is -1.09. The van der Waals surface area contributed by atoms with Gasteiger partial charge in [-0.2, -0.15) is 0 Å². The second kappa shape index (κ2) is 2.90. The van der Waals surface area contributed by atoms with Crippen LogP contribution in [-0.4, -0.2) is 36.0 Å². The van der Waals surface area contributed by atoms with Gasteiger partial charge in [-0.1, -0.05) is 0 Å². The second-order valence-corrected chi connectivity index (χ2v) is 2.17. The molecule has 1 unspecified atom stereocenters. The molecule has 0 amide bonds. The number of aliphatic hydroxyl groups is 1. The van der Waals surface area contributed by atoms with Crippen LogP contribution in [0.15, 0.2) is 0 Å². The van der Waals surface area contributed by atoms with Crippen LogP contribution in [-0.2, 0) is 14.3 Å². The Bertz CT molecular complexity index is 163. The molecule has 0 radical (unpaired) electrons. The highest BCUT2D eigenvalue weighted by molar-refractivity contribution is 6.38. The summed E-state index contributed by atoms with van der Waals surface area (Å²) in [6.45, 7) is -0.372. The maximum absolute atomic E-state index is 10.6. The summed E-state index contributed by atoms with van der Waals surface area (Å²) in [5, 5.41) is 8.51. The zero-order chi connectivity index (χ0) is 7.56. The molecular weight excluding hydrogens is 136 g/mol. The lowest BCUT2D eigenvalue weighted by molar-refractivity contribution is -0.148. The first kappa shape index (κ1) is 7.37. The molecule has 1 fully saturated rings. The first-order valence-corrected chi connectivity index (χ1v) is 3.02. The molecule has 4 heteroatoms. The molecule has 0 bridgehead atoms. The summed E-state index contributed by atoms with van der Waals surface area (Å²) in [6, 6.07) is 0. The topological polar surface area (TPSA) is 63.6 Å². The number of rotatable bonds is 1. The van der Waals surface area contributed by atoms with Crippen molar-refractivity contribution in [2.45, 2.75) is 12.5 Å². The number of carbonyl (C=O) groups excluding carboxylic acids is 2. The van der Waals surface area contributed by atoms with Gasteiger partial charge < -0.3 is 9.84 Å². The van der Waals surface area contributed by atoms with Crippen LogP contribution in [0.2, 0.25) is 0 Å². The fourth-order valence-electron chi connectivity index (χ4n) is 0.771. The minimum absolute atomic E-state index is 0.0231. The second-order valence-electron chi connectivity index (χ2n) is 2.17. The number of aliphatic hydroxyl groups excluding tert-OH is 1. The van der Waals surface area contributed by atoms with Crippen molar-refractivity contribution < 1.29 is 19.4 Å². The molecule has 0 aromatic heterocycles. The van der Waals surface area contributed by atoms with E-state index in [4.69, 9.17) is 9.84 Å². The van der Waals surface area contributed by atoms with E-state index in [-0.39, 0.29) is 19.6 Å². The maximum Gasteiger partial charge on any atom is 0.224 e. The van der Waals surface area contributed by atoms with Crippen molar-refractivity contribution in [3.05, 3.63) is 0 Å². The van der Waals surface area contributed by atoms with Crippen LogP contribution in [0.4, 0.5) is 0 Å². The Labute approximate surface area is 57.8 Å². The lowest BCUT2D eigenvalue weighted by Gasteiger charge is -2.17. The molecule has 0 aliphatic carbocycles. The number of ketones is 2. The zero-order valence-corrected chi connectivity index (χ0v) is 5.37. The van der Waals surface area contributed by atoms with Crippen molar-refractivity contribution in [3.63, 3.8) is 0 Å². The molecule has 1 N–H and O–H groups in total. The lowest BCUT2D eigenvalue weighted by Crippen LogP contribution is -2.35. The molecule has 0 saturated carbocycles. The van der Waals surface area contributed by atoms with E-state index in [0.29, 0.717) is 0 Å². The van der Waals surface area contributed by atoms with Gasteiger partial charge in [0.2, 0.25) is 11.6 Å². The van der Waals surface area contributed by atoms with Crippen molar-refractivity contribution in [1.82, 2.24) is 0 Å². The Balaban J connectivity index is 2.48. The fourth-order valence-corrected chi connectivity index (χ4v) is 0.771. The molecule has 0 aromatic rings. The van der Waals surface area contributed by atoms with Gasteiger partial charge in [-0.15, -0.1) is 0 Å². The van der Waals surface area contributed by atoms with Crippen molar-refractivity contribution in [1.29, 1.82) is 0 Å². The summed E-state index contributed by atoms with van der Waals surface area (Å²) in [5.74, 6) is -0.935. The van der Waals surface area contributed by atoms with Crippen molar-refractivity contribution >= 4 is 11.6 Å². The minimum Gasteiger partial charge on any atom is -0.394 e. The van der Waals surface area contributed by atoms with Gasteiger partial charge in [0.1, 0.15) is 6.61 Å². The van der Waals surface area contributed by atoms with Gasteiger partial charge in [0.05, 0.1) is 12.7 Å². The maximum atomic E-state index is 10.6. The van der Waals surface area contributed by atoms with Gasteiger partial charge in [0.15, 0.2) is 0 Å². The first-order valence-electron chi connectivity index (χ1n) is 3.02. The average molecular weight is 144 g/mol. The molecule has 1 aliphatic heterocycles. The van der Waals surface area contributed by atoms with E-state index in [9.17, 15) is 9.59 Å². The summed E-state index contributed by atoms with van der Waals surface area (Å²) >= 11 is 0. The van der Waals surface area contributed by atoms with Gasteiger partial charge in [0.25, 0.3) is 0 Å². The average Bonchev–Trinajstić information content (AvgIpc) is 1.95. The quantitative estimate of drug-likeness (QED) is 0.475.